The molecule has 0 aliphatic rings. The predicted molar refractivity (Wildman–Crippen MR) is 132 cm³/mol. The smallest absolute Gasteiger partial charge is 0.00942 e. The molecule has 0 saturated heterocycles. The van der Waals surface area contributed by atoms with Crippen molar-refractivity contribution in [2.24, 2.45) is 0 Å². The lowest BCUT2D eigenvalue weighted by Gasteiger charge is -2.01. The van der Waals surface area contributed by atoms with Crippen LogP contribution in [0.4, 0.5) is 0 Å². The Labute approximate surface area is 180 Å². The fourth-order valence-corrected chi connectivity index (χ4v) is 3.26. The summed E-state index contributed by atoms with van der Waals surface area (Å²) in [7, 11) is 0. The zero-order valence-electron chi connectivity index (χ0n) is 17.5. The summed E-state index contributed by atoms with van der Waals surface area (Å²) in [5.74, 6) is 0. The van der Waals surface area contributed by atoms with Gasteiger partial charge < -0.3 is 0 Å². The zero-order chi connectivity index (χ0) is 21.0. The van der Waals surface area contributed by atoms with E-state index < -0.39 is 0 Å². The molecule has 0 nitrogen and oxygen atoms in total. The van der Waals surface area contributed by atoms with Gasteiger partial charge in [-0.3, -0.25) is 0 Å². The first-order chi connectivity index (χ1) is 14.8. The summed E-state index contributed by atoms with van der Waals surface area (Å²) < 4.78 is 0. The SMILES string of the molecule is C=C/C(=C\C=C/Cc1cccc(C)c1)c1cccccc(-c2ccccc2)ccc1. The van der Waals surface area contributed by atoms with Crippen LogP contribution < -0.4 is 0 Å². The second kappa shape index (κ2) is 11.4. The third-order valence-corrected chi connectivity index (χ3v) is 4.83. The van der Waals surface area contributed by atoms with Crippen molar-refractivity contribution in [3.8, 4) is 11.1 Å². The Bertz CT molecular complexity index is 1080. The van der Waals surface area contributed by atoms with Crippen LogP contribution in [0.2, 0.25) is 0 Å². The average Bonchev–Trinajstić information content (AvgIpc) is 2.78. The maximum absolute atomic E-state index is 4.01. The highest BCUT2D eigenvalue weighted by Crippen LogP contribution is 2.18. The molecule has 0 saturated carbocycles. The predicted octanol–water partition coefficient (Wildman–Crippen LogP) is 8.15. The van der Waals surface area contributed by atoms with Crippen molar-refractivity contribution in [2.75, 3.05) is 0 Å². The first-order valence-corrected chi connectivity index (χ1v) is 10.3. The summed E-state index contributed by atoms with van der Waals surface area (Å²) >= 11 is 0. The second-order valence-corrected chi connectivity index (χ2v) is 7.16. The van der Waals surface area contributed by atoms with Crippen LogP contribution in [-0.2, 0) is 6.42 Å². The Morgan fingerprint density at radius 1 is 0.733 bits per heavy atom. The third kappa shape index (κ3) is 6.46. The summed E-state index contributed by atoms with van der Waals surface area (Å²) in [6.07, 6.45) is 9.25. The highest BCUT2D eigenvalue weighted by atomic mass is 14.0. The molecule has 0 aliphatic carbocycles. The lowest BCUT2D eigenvalue weighted by atomic mass is 10.0. The van der Waals surface area contributed by atoms with Gasteiger partial charge in [0.1, 0.15) is 0 Å². The Morgan fingerprint density at radius 2 is 1.33 bits per heavy atom. The molecule has 0 heteroatoms. The van der Waals surface area contributed by atoms with E-state index in [1.165, 1.54) is 22.3 Å². The van der Waals surface area contributed by atoms with E-state index in [-0.39, 0.29) is 0 Å². The summed E-state index contributed by atoms with van der Waals surface area (Å²) in [5.41, 5.74) is 7.22. The van der Waals surface area contributed by atoms with Gasteiger partial charge in [-0.2, -0.15) is 0 Å². The molecule has 0 aliphatic heterocycles. The molecule has 0 unspecified atom stereocenters. The third-order valence-electron chi connectivity index (χ3n) is 4.83. The van der Waals surface area contributed by atoms with Gasteiger partial charge in [-0.1, -0.05) is 140 Å². The van der Waals surface area contributed by atoms with E-state index in [0.29, 0.717) is 0 Å². The minimum absolute atomic E-state index is 0.922. The van der Waals surface area contributed by atoms with Crippen LogP contribution in [0, 0.1) is 6.92 Å². The van der Waals surface area contributed by atoms with E-state index in [1.807, 2.05) is 12.1 Å². The van der Waals surface area contributed by atoms with E-state index in [2.05, 4.69) is 129 Å². The molecule has 0 radical (unpaired) electrons. The van der Waals surface area contributed by atoms with Crippen LogP contribution in [0.1, 0.15) is 16.7 Å². The van der Waals surface area contributed by atoms with Gasteiger partial charge in [0.2, 0.25) is 0 Å². The fourth-order valence-electron chi connectivity index (χ4n) is 3.26. The first kappa shape index (κ1) is 21.1. The number of benzene rings is 2. The standard InChI is InChI=1S/C30H28/c1-3-27(17-11-10-15-26-16-12-14-25(2)24-26)28-18-6-4-9-21-30(23-13-22-28)29-19-7-5-8-20-29/h3-14,16-24H,1,15H2,2H3/b6-4?,9-4?,11-10-,18-6?,21-9?,22-13?,23-13?,27-17+,28-18?,28-22?,30-21?,30-23?. The van der Waals surface area contributed by atoms with Crippen LogP contribution >= 0.6 is 0 Å². The van der Waals surface area contributed by atoms with Crippen LogP contribution in [0.15, 0.2) is 134 Å². The summed E-state index contributed by atoms with van der Waals surface area (Å²) in [6, 6.07) is 35.9. The van der Waals surface area contributed by atoms with Gasteiger partial charge in [0.05, 0.1) is 0 Å². The first-order valence-electron chi connectivity index (χ1n) is 10.3. The number of allylic oxidation sites excluding steroid dienone is 5. The molecule has 30 heavy (non-hydrogen) atoms. The van der Waals surface area contributed by atoms with E-state index in [9.17, 15) is 0 Å². The highest BCUT2D eigenvalue weighted by molar-refractivity contribution is 5.74. The minimum Gasteiger partial charge on any atom is -0.0984 e. The van der Waals surface area contributed by atoms with Crippen LogP contribution in [0.3, 0.4) is 0 Å². The Balaban J connectivity index is 1.84. The Hall–Kier alpha value is -3.64. The summed E-state index contributed by atoms with van der Waals surface area (Å²) in [6.45, 7) is 6.14. The van der Waals surface area contributed by atoms with Crippen molar-refractivity contribution in [2.45, 2.75) is 13.3 Å². The van der Waals surface area contributed by atoms with Crippen molar-refractivity contribution in [3.63, 3.8) is 0 Å². The zero-order valence-corrected chi connectivity index (χ0v) is 17.5. The largest absolute Gasteiger partial charge is 0.0984 e. The number of hydrogen-bond donors (Lipinski definition) is 0. The normalized spacial score (nSPS) is 11.2. The Morgan fingerprint density at radius 3 is 2.00 bits per heavy atom. The molecule has 0 bridgehead atoms. The van der Waals surface area contributed by atoms with Crippen molar-refractivity contribution >= 4 is 5.57 Å². The topological polar surface area (TPSA) is 0 Å². The number of aryl methyl sites for hydroxylation is 1. The highest BCUT2D eigenvalue weighted by Gasteiger charge is 1.95. The minimum atomic E-state index is 0.922. The molecule has 0 aromatic heterocycles. The van der Waals surface area contributed by atoms with Crippen LogP contribution in [0.5, 0.6) is 0 Å². The van der Waals surface area contributed by atoms with Gasteiger partial charge in [0.25, 0.3) is 0 Å². The van der Waals surface area contributed by atoms with Gasteiger partial charge in [-0.05, 0) is 41.2 Å². The van der Waals surface area contributed by atoms with Gasteiger partial charge in [0.15, 0.2) is 0 Å². The summed E-state index contributed by atoms with van der Waals surface area (Å²) in [5, 5.41) is 0. The van der Waals surface area contributed by atoms with Crippen molar-refractivity contribution in [1.82, 2.24) is 0 Å². The molecule has 0 atom stereocenters. The van der Waals surface area contributed by atoms with Crippen molar-refractivity contribution in [1.29, 1.82) is 0 Å². The molecule has 3 rings (SSSR count). The Kier molecular flexibility index (Phi) is 8.00. The maximum atomic E-state index is 4.01. The molecular weight excluding hydrogens is 360 g/mol. The molecule has 0 amide bonds. The molecule has 148 valence electrons. The molecule has 0 heterocycles. The number of hydrogen-bond acceptors (Lipinski definition) is 0. The van der Waals surface area contributed by atoms with Gasteiger partial charge >= 0.3 is 0 Å². The van der Waals surface area contributed by atoms with Gasteiger partial charge in [-0.25, -0.2) is 0 Å². The summed E-state index contributed by atoms with van der Waals surface area (Å²) in [4.78, 5) is 0. The number of rotatable bonds is 6. The monoisotopic (exact) mass is 388 g/mol. The van der Waals surface area contributed by atoms with E-state index in [0.717, 1.165) is 17.6 Å². The van der Waals surface area contributed by atoms with Crippen molar-refractivity contribution in [3.05, 3.63) is 151 Å². The lowest BCUT2D eigenvalue weighted by molar-refractivity contribution is 1.25. The molecule has 3 aromatic carbocycles. The van der Waals surface area contributed by atoms with Crippen LogP contribution in [-0.4, -0.2) is 0 Å². The van der Waals surface area contributed by atoms with Gasteiger partial charge in [0, 0.05) is 0 Å². The molecule has 0 spiro atoms. The molecule has 3 aromatic rings. The average molecular weight is 389 g/mol. The van der Waals surface area contributed by atoms with E-state index in [4.69, 9.17) is 0 Å². The molecule has 0 fully saturated rings. The van der Waals surface area contributed by atoms with Crippen molar-refractivity contribution < 1.29 is 0 Å². The fraction of sp³-hybridized carbons (Fsp3) is 0.0667. The van der Waals surface area contributed by atoms with E-state index >= 15 is 0 Å². The maximum Gasteiger partial charge on any atom is -0.00942 e. The quantitative estimate of drug-likeness (QED) is 0.374. The molecule has 0 N–H and O–H groups in total. The second-order valence-electron chi connectivity index (χ2n) is 7.16. The van der Waals surface area contributed by atoms with Crippen LogP contribution in [0.25, 0.3) is 16.7 Å². The lowest BCUT2D eigenvalue weighted by Crippen LogP contribution is -1.81. The van der Waals surface area contributed by atoms with Gasteiger partial charge in [-0.15, -0.1) is 0 Å². The van der Waals surface area contributed by atoms with E-state index in [1.54, 1.807) is 0 Å². The molecular formula is C30H28.